The molecule has 0 radical (unpaired) electrons. The Kier molecular flexibility index (Phi) is 8.61. The fourth-order valence-electron chi connectivity index (χ4n) is 4.09. The molecule has 0 aromatic heterocycles. The topological polar surface area (TPSA) is 105 Å². The van der Waals surface area contributed by atoms with E-state index >= 15 is 0 Å². The quantitative estimate of drug-likeness (QED) is 0.440. The molecule has 0 saturated heterocycles. The predicted octanol–water partition coefficient (Wildman–Crippen LogP) is 4.26. The van der Waals surface area contributed by atoms with Crippen LogP contribution < -0.4 is 10.6 Å². The van der Waals surface area contributed by atoms with Crippen molar-refractivity contribution in [2.45, 2.75) is 38.6 Å². The lowest BCUT2D eigenvalue weighted by Gasteiger charge is -2.26. The molecule has 0 bridgehead atoms. The van der Waals surface area contributed by atoms with Gasteiger partial charge < -0.3 is 20.5 Å². The van der Waals surface area contributed by atoms with Crippen LogP contribution in [0.25, 0.3) is 11.1 Å². The first-order valence-corrected chi connectivity index (χ1v) is 12.8. The van der Waals surface area contributed by atoms with Crippen molar-refractivity contribution in [3.63, 3.8) is 0 Å². The Morgan fingerprint density at radius 1 is 1.06 bits per heavy atom. The zero-order chi connectivity index (χ0) is 24.7. The number of rotatable bonds is 11. The van der Waals surface area contributed by atoms with E-state index in [9.17, 15) is 19.5 Å². The molecule has 0 fully saturated rings. The van der Waals surface area contributed by atoms with E-state index in [1.54, 1.807) is 13.8 Å². The Bertz CT molecular complexity index is 994. The minimum absolute atomic E-state index is 0.0189. The third-order valence-corrected chi connectivity index (χ3v) is 6.84. The molecule has 2 aromatic rings. The van der Waals surface area contributed by atoms with E-state index in [2.05, 4.69) is 34.9 Å². The Labute approximate surface area is 204 Å². The third-order valence-electron chi connectivity index (χ3n) is 6.19. The van der Waals surface area contributed by atoms with Gasteiger partial charge in [-0.2, -0.15) is 11.8 Å². The van der Waals surface area contributed by atoms with E-state index in [0.29, 0.717) is 18.6 Å². The number of carboxylic acid groups (broad SMARTS) is 1. The zero-order valence-electron chi connectivity index (χ0n) is 19.8. The van der Waals surface area contributed by atoms with Crippen molar-refractivity contribution in [3.05, 3.63) is 59.7 Å². The van der Waals surface area contributed by atoms with Gasteiger partial charge in [0.25, 0.3) is 0 Å². The molecule has 7 nitrogen and oxygen atoms in total. The number of amides is 2. The van der Waals surface area contributed by atoms with E-state index in [0.717, 1.165) is 22.3 Å². The second-order valence-corrected chi connectivity index (χ2v) is 10.0. The average Bonchev–Trinajstić information content (AvgIpc) is 3.13. The first-order chi connectivity index (χ1) is 16.2. The van der Waals surface area contributed by atoms with Crippen LogP contribution in [0.5, 0.6) is 0 Å². The van der Waals surface area contributed by atoms with E-state index in [-0.39, 0.29) is 25.0 Å². The molecule has 2 amide bonds. The summed E-state index contributed by atoms with van der Waals surface area (Å²) < 4.78 is 5.52. The minimum atomic E-state index is -1.05. The molecule has 1 atom stereocenters. The number of carboxylic acids is 1. The van der Waals surface area contributed by atoms with Crippen molar-refractivity contribution in [1.29, 1.82) is 0 Å². The molecule has 8 heteroatoms. The predicted molar refractivity (Wildman–Crippen MR) is 134 cm³/mol. The maximum atomic E-state index is 12.6. The number of ether oxygens (including phenoxy) is 1. The monoisotopic (exact) mass is 484 g/mol. The van der Waals surface area contributed by atoms with Gasteiger partial charge in [0.15, 0.2) is 0 Å². The van der Waals surface area contributed by atoms with Crippen molar-refractivity contribution in [1.82, 2.24) is 10.6 Å². The number of hydrogen-bond acceptors (Lipinski definition) is 5. The number of benzene rings is 2. The largest absolute Gasteiger partial charge is 0.480 e. The number of aliphatic carboxylic acids is 1. The van der Waals surface area contributed by atoms with Gasteiger partial charge in [-0.25, -0.2) is 9.59 Å². The smallest absolute Gasteiger partial charge is 0.407 e. The number of hydrogen-bond donors (Lipinski definition) is 3. The summed E-state index contributed by atoms with van der Waals surface area (Å²) in [4.78, 5) is 36.4. The van der Waals surface area contributed by atoms with Crippen molar-refractivity contribution in [2.24, 2.45) is 5.41 Å². The van der Waals surface area contributed by atoms with E-state index in [1.165, 1.54) is 11.8 Å². The van der Waals surface area contributed by atoms with E-state index in [4.69, 9.17) is 4.74 Å². The molecular weight excluding hydrogens is 452 g/mol. The molecule has 34 heavy (non-hydrogen) atoms. The molecule has 0 heterocycles. The first-order valence-electron chi connectivity index (χ1n) is 11.4. The highest BCUT2D eigenvalue weighted by molar-refractivity contribution is 7.98. The maximum absolute atomic E-state index is 12.6. The number of thioether (sulfide) groups is 1. The Morgan fingerprint density at radius 3 is 2.21 bits per heavy atom. The van der Waals surface area contributed by atoms with Crippen molar-refractivity contribution in [3.8, 4) is 11.1 Å². The highest BCUT2D eigenvalue weighted by atomic mass is 32.2. The molecule has 3 N–H and O–H groups in total. The number of fused-ring (bicyclic) bond motifs is 3. The zero-order valence-corrected chi connectivity index (χ0v) is 20.6. The maximum Gasteiger partial charge on any atom is 0.407 e. The van der Waals surface area contributed by atoms with Crippen molar-refractivity contribution in [2.75, 3.05) is 25.2 Å². The van der Waals surface area contributed by atoms with Gasteiger partial charge in [-0.3, -0.25) is 4.79 Å². The summed E-state index contributed by atoms with van der Waals surface area (Å²) in [6, 6.07) is 15.3. The summed E-state index contributed by atoms with van der Waals surface area (Å²) in [5.41, 5.74) is 3.77. The summed E-state index contributed by atoms with van der Waals surface area (Å²) in [6.07, 6.45) is 2.05. The first kappa shape index (κ1) is 25.6. The highest BCUT2D eigenvalue weighted by Crippen LogP contribution is 2.44. The fraction of sp³-hybridized carbons (Fsp3) is 0.423. The lowest BCUT2D eigenvalue weighted by Crippen LogP contribution is -2.47. The molecule has 1 aliphatic rings. The molecule has 0 aliphatic heterocycles. The van der Waals surface area contributed by atoms with Gasteiger partial charge in [0.05, 0.1) is 0 Å². The molecule has 0 saturated carbocycles. The molecule has 1 aliphatic carbocycles. The second kappa shape index (κ2) is 11.4. The van der Waals surface area contributed by atoms with Crippen LogP contribution in [0.15, 0.2) is 48.5 Å². The lowest BCUT2D eigenvalue weighted by molar-refractivity contribution is -0.143. The number of nitrogens with one attached hydrogen (secondary N) is 2. The normalized spacial score (nSPS) is 13.5. The Hall–Kier alpha value is -3.00. The van der Waals surface area contributed by atoms with Crippen molar-refractivity contribution < 1.29 is 24.2 Å². The van der Waals surface area contributed by atoms with Crippen LogP contribution in [0, 0.1) is 5.41 Å². The van der Waals surface area contributed by atoms with Crippen LogP contribution in [0.1, 0.15) is 43.7 Å². The molecule has 3 rings (SSSR count). The molecule has 0 unspecified atom stereocenters. The van der Waals surface area contributed by atoms with E-state index in [1.807, 2.05) is 30.5 Å². The van der Waals surface area contributed by atoms with Crippen LogP contribution in [-0.2, 0) is 14.3 Å². The Morgan fingerprint density at radius 2 is 1.65 bits per heavy atom. The van der Waals surface area contributed by atoms with Gasteiger partial charge >= 0.3 is 12.1 Å². The molecule has 182 valence electrons. The summed E-state index contributed by atoms with van der Waals surface area (Å²) >= 11 is 1.53. The number of carbonyl (C=O) groups excluding carboxylic acids is 2. The number of carbonyl (C=O) groups is 3. The van der Waals surface area contributed by atoms with Gasteiger partial charge in [-0.1, -0.05) is 62.4 Å². The van der Waals surface area contributed by atoms with Gasteiger partial charge in [-0.15, -0.1) is 0 Å². The molecule has 2 aromatic carbocycles. The molecular formula is C26H32N2O5S. The van der Waals surface area contributed by atoms with Gasteiger partial charge in [-0.05, 0) is 47.1 Å². The van der Waals surface area contributed by atoms with Gasteiger partial charge in [0.2, 0.25) is 5.91 Å². The minimum Gasteiger partial charge on any atom is -0.480 e. The fourth-order valence-corrected chi connectivity index (χ4v) is 4.56. The van der Waals surface area contributed by atoms with Crippen LogP contribution in [0.4, 0.5) is 4.79 Å². The van der Waals surface area contributed by atoms with Crippen LogP contribution in [0.2, 0.25) is 0 Å². The van der Waals surface area contributed by atoms with Crippen LogP contribution in [0.3, 0.4) is 0 Å². The summed E-state index contributed by atoms with van der Waals surface area (Å²) in [7, 11) is 0. The van der Waals surface area contributed by atoms with Crippen molar-refractivity contribution >= 4 is 29.7 Å². The van der Waals surface area contributed by atoms with E-state index < -0.39 is 23.5 Å². The molecule has 0 spiro atoms. The Balaban J connectivity index is 1.49. The standard InChI is InChI=1S/C26H32N2O5S/c1-26(2,24(31)28-22(23(29)30)12-15-34-3)13-14-27-25(32)33-16-21-19-10-6-4-8-17(19)18-9-5-7-11-20(18)21/h4-11,21-22H,12-16H2,1-3H3,(H,27,32)(H,28,31)(H,29,30)/t22-/m1/s1. The SMILES string of the molecule is CSCC[C@@H](NC(=O)C(C)(C)CCNC(=O)OCC1c2ccccc2-c2ccccc21)C(=O)O. The van der Waals surface area contributed by atoms with Gasteiger partial charge in [0.1, 0.15) is 12.6 Å². The van der Waals surface area contributed by atoms with Crippen LogP contribution in [-0.4, -0.2) is 54.3 Å². The summed E-state index contributed by atoms with van der Waals surface area (Å²) in [5.74, 6) is -0.777. The lowest BCUT2D eigenvalue weighted by atomic mass is 9.88. The van der Waals surface area contributed by atoms with Gasteiger partial charge in [0, 0.05) is 17.9 Å². The summed E-state index contributed by atoms with van der Waals surface area (Å²) in [5, 5.41) is 14.7. The highest BCUT2D eigenvalue weighted by Gasteiger charge is 2.32. The second-order valence-electron chi connectivity index (χ2n) is 9.03. The summed E-state index contributed by atoms with van der Waals surface area (Å²) in [6.45, 7) is 3.92. The third kappa shape index (κ3) is 6.11. The van der Waals surface area contributed by atoms with Crippen LogP contribution >= 0.6 is 11.8 Å². The average molecular weight is 485 g/mol. The number of alkyl carbamates (subject to hydrolysis) is 1.